The SMILES string of the molecule is Cl.O=C(CC1CCCN1)N1CCc2cc(Cl)cc(Cl)c2C1. The standard InChI is InChI=1S/C15H18Cl2N2O.ClH/c16-11-6-10-3-5-19(9-13(10)14(17)7-11)15(20)8-12-2-1-4-18-12;/h6-7,12,18H,1-5,8-9H2;1H. The third kappa shape index (κ3) is 3.84. The number of nitrogens with zero attached hydrogens (tertiary/aromatic N) is 1. The van der Waals surface area contributed by atoms with Crippen molar-refractivity contribution in [3.05, 3.63) is 33.3 Å². The van der Waals surface area contributed by atoms with E-state index in [4.69, 9.17) is 23.2 Å². The highest BCUT2D eigenvalue weighted by Crippen LogP contribution is 2.30. The third-order valence-electron chi connectivity index (χ3n) is 4.19. The first-order valence-electron chi connectivity index (χ1n) is 7.11. The van der Waals surface area contributed by atoms with Crippen molar-refractivity contribution >= 4 is 41.5 Å². The van der Waals surface area contributed by atoms with Crippen LogP contribution in [0.5, 0.6) is 0 Å². The van der Waals surface area contributed by atoms with Crippen molar-refractivity contribution in [2.45, 2.75) is 38.3 Å². The van der Waals surface area contributed by atoms with Crippen molar-refractivity contribution < 1.29 is 4.79 Å². The Kier molecular flexibility index (Phi) is 5.78. The molecule has 2 heterocycles. The number of halogens is 3. The van der Waals surface area contributed by atoms with Crippen LogP contribution in [-0.2, 0) is 17.8 Å². The molecule has 1 amide bonds. The molecule has 1 N–H and O–H groups in total. The van der Waals surface area contributed by atoms with Crippen LogP contribution in [0.1, 0.15) is 30.4 Å². The predicted molar refractivity (Wildman–Crippen MR) is 88.5 cm³/mol. The Bertz CT molecular complexity index is 530. The molecule has 3 nitrogen and oxygen atoms in total. The molecular weight excluding hydrogens is 331 g/mol. The molecule has 0 saturated carbocycles. The van der Waals surface area contributed by atoms with Crippen molar-refractivity contribution in [1.82, 2.24) is 10.2 Å². The number of carbonyl (C=O) groups excluding carboxylic acids is 1. The number of fused-ring (bicyclic) bond motifs is 1. The lowest BCUT2D eigenvalue weighted by molar-refractivity contribution is -0.132. The van der Waals surface area contributed by atoms with E-state index in [-0.39, 0.29) is 18.3 Å². The van der Waals surface area contributed by atoms with Gasteiger partial charge in [0.2, 0.25) is 5.91 Å². The Morgan fingerprint density at radius 3 is 2.90 bits per heavy atom. The first-order chi connectivity index (χ1) is 9.63. The lowest BCUT2D eigenvalue weighted by Gasteiger charge is -2.30. The summed E-state index contributed by atoms with van der Waals surface area (Å²) < 4.78 is 0. The van der Waals surface area contributed by atoms with Crippen LogP contribution >= 0.6 is 35.6 Å². The van der Waals surface area contributed by atoms with E-state index in [0.717, 1.165) is 31.5 Å². The predicted octanol–water partition coefficient (Wildman–Crippen LogP) is 3.44. The van der Waals surface area contributed by atoms with Gasteiger partial charge in [-0.05, 0) is 49.1 Å². The van der Waals surface area contributed by atoms with E-state index < -0.39 is 0 Å². The van der Waals surface area contributed by atoms with Gasteiger partial charge in [0.15, 0.2) is 0 Å². The summed E-state index contributed by atoms with van der Waals surface area (Å²) in [5.74, 6) is 0.223. The number of hydrogen-bond acceptors (Lipinski definition) is 2. The van der Waals surface area contributed by atoms with E-state index in [1.807, 2.05) is 11.0 Å². The van der Waals surface area contributed by atoms with Gasteiger partial charge < -0.3 is 10.2 Å². The summed E-state index contributed by atoms with van der Waals surface area (Å²) in [4.78, 5) is 14.3. The summed E-state index contributed by atoms with van der Waals surface area (Å²) in [7, 11) is 0. The fourth-order valence-electron chi connectivity index (χ4n) is 3.07. The molecule has 21 heavy (non-hydrogen) atoms. The van der Waals surface area contributed by atoms with Crippen LogP contribution in [0.2, 0.25) is 10.0 Å². The minimum absolute atomic E-state index is 0. The highest BCUT2D eigenvalue weighted by atomic mass is 35.5. The van der Waals surface area contributed by atoms with Crippen molar-refractivity contribution in [3.8, 4) is 0 Å². The minimum atomic E-state index is 0. The third-order valence-corrected chi connectivity index (χ3v) is 4.74. The normalized spacial score (nSPS) is 20.9. The lowest BCUT2D eigenvalue weighted by Crippen LogP contribution is -2.39. The Balaban J connectivity index is 0.00000161. The Labute approximate surface area is 141 Å². The number of rotatable bonds is 2. The van der Waals surface area contributed by atoms with E-state index in [1.54, 1.807) is 6.07 Å². The van der Waals surface area contributed by atoms with Crippen LogP contribution < -0.4 is 5.32 Å². The maximum atomic E-state index is 12.4. The van der Waals surface area contributed by atoms with E-state index >= 15 is 0 Å². The van der Waals surface area contributed by atoms with Gasteiger partial charge in [0, 0.05) is 35.6 Å². The number of hydrogen-bond donors (Lipinski definition) is 1. The minimum Gasteiger partial charge on any atom is -0.338 e. The molecule has 0 radical (unpaired) electrons. The van der Waals surface area contributed by atoms with E-state index in [1.165, 1.54) is 12.0 Å². The monoisotopic (exact) mass is 348 g/mol. The molecule has 1 aromatic carbocycles. The molecule has 2 aliphatic heterocycles. The second-order valence-corrected chi connectivity index (χ2v) is 6.43. The van der Waals surface area contributed by atoms with Crippen LogP contribution in [0.15, 0.2) is 12.1 Å². The molecule has 0 bridgehead atoms. The topological polar surface area (TPSA) is 32.3 Å². The van der Waals surface area contributed by atoms with E-state index in [9.17, 15) is 4.79 Å². The molecule has 0 spiro atoms. The van der Waals surface area contributed by atoms with Crippen LogP contribution in [0, 0.1) is 0 Å². The second kappa shape index (κ2) is 7.19. The first-order valence-corrected chi connectivity index (χ1v) is 7.87. The summed E-state index contributed by atoms with van der Waals surface area (Å²) in [6, 6.07) is 4.07. The van der Waals surface area contributed by atoms with Gasteiger partial charge in [-0.25, -0.2) is 0 Å². The molecule has 1 fully saturated rings. The number of benzene rings is 1. The van der Waals surface area contributed by atoms with Crippen molar-refractivity contribution in [2.24, 2.45) is 0 Å². The summed E-state index contributed by atoms with van der Waals surface area (Å²) in [5.41, 5.74) is 2.22. The lowest BCUT2D eigenvalue weighted by atomic mass is 9.99. The molecule has 1 saturated heterocycles. The van der Waals surface area contributed by atoms with Gasteiger partial charge in [-0.15, -0.1) is 12.4 Å². The Hall–Kier alpha value is -0.480. The highest BCUT2D eigenvalue weighted by molar-refractivity contribution is 6.35. The summed E-state index contributed by atoms with van der Waals surface area (Å²) in [6.07, 6.45) is 3.71. The zero-order valence-corrected chi connectivity index (χ0v) is 14.0. The zero-order chi connectivity index (χ0) is 14.1. The molecule has 6 heteroatoms. The van der Waals surface area contributed by atoms with Gasteiger partial charge in [0.25, 0.3) is 0 Å². The summed E-state index contributed by atoms with van der Waals surface area (Å²) in [6.45, 7) is 2.40. The maximum Gasteiger partial charge on any atom is 0.224 e. The second-order valence-electron chi connectivity index (χ2n) is 5.59. The molecule has 1 aromatic rings. The molecule has 1 unspecified atom stereocenters. The van der Waals surface area contributed by atoms with Gasteiger partial charge in [0.05, 0.1) is 0 Å². The van der Waals surface area contributed by atoms with Crippen LogP contribution in [0.25, 0.3) is 0 Å². The molecule has 3 rings (SSSR count). The van der Waals surface area contributed by atoms with Gasteiger partial charge in [0.1, 0.15) is 0 Å². The maximum absolute atomic E-state index is 12.4. The van der Waals surface area contributed by atoms with Crippen LogP contribution in [0.3, 0.4) is 0 Å². The number of carbonyl (C=O) groups is 1. The summed E-state index contributed by atoms with van der Waals surface area (Å²) >= 11 is 12.3. The summed E-state index contributed by atoms with van der Waals surface area (Å²) in [5, 5.41) is 4.71. The van der Waals surface area contributed by atoms with Crippen molar-refractivity contribution in [2.75, 3.05) is 13.1 Å². The molecule has 0 aromatic heterocycles. The van der Waals surface area contributed by atoms with E-state index in [2.05, 4.69) is 5.32 Å². The molecule has 116 valence electrons. The Morgan fingerprint density at radius 1 is 1.38 bits per heavy atom. The molecule has 2 aliphatic rings. The average molecular weight is 350 g/mol. The smallest absolute Gasteiger partial charge is 0.224 e. The quantitative estimate of drug-likeness (QED) is 0.887. The molecule has 1 atom stereocenters. The fourth-order valence-corrected chi connectivity index (χ4v) is 3.66. The largest absolute Gasteiger partial charge is 0.338 e. The number of amides is 1. The van der Waals surface area contributed by atoms with Crippen LogP contribution in [-0.4, -0.2) is 29.9 Å². The first kappa shape index (κ1) is 16.9. The highest BCUT2D eigenvalue weighted by Gasteiger charge is 2.25. The van der Waals surface area contributed by atoms with Gasteiger partial charge in [-0.1, -0.05) is 23.2 Å². The van der Waals surface area contributed by atoms with E-state index in [0.29, 0.717) is 29.1 Å². The zero-order valence-electron chi connectivity index (χ0n) is 11.7. The Morgan fingerprint density at radius 2 is 2.19 bits per heavy atom. The van der Waals surface area contributed by atoms with Crippen LogP contribution in [0.4, 0.5) is 0 Å². The fraction of sp³-hybridized carbons (Fsp3) is 0.533. The molecule has 0 aliphatic carbocycles. The number of nitrogens with one attached hydrogen (secondary N) is 1. The average Bonchev–Trinajstić information content (AvgIpc) is 2.91. The van der Waals surface area contributed by atoms with Gasteiger partial charge in [-0.2, -0.15) is 0 Å². The van der Waals surface area contributed by atoms with Gasteiger partial charge >= 0.3 is 0 Å². The molecular formula is C15H19Cl3N2O. The van der Waals surface area contributed by atoms with Crippen molar-refractivity contribution in [1.29, 1.82) is 0 Å². The van der Waals surface area contributed by atoms with Gasteiger partial charge in [-0.3, -0.25) is 4.79 Å². The van der Waals surface area contributed by atoms with Crippen molar-refractivity contribution in [3.63, 3.8) is 0 Å².